The van der Waals surface area contributed by atoms with Gasteiger partial charge in [0, 0.05) is 6.54 Å². The number of anilines is 1. The van der Waals surface area contributed by atoms with Gasteiger partial charge in [-0.3, -0.25) is 4.79 Å². The monoisotopic (exact) mass is 412 g/mol. The predicted octanol–water partition coefficient (Wildman–Crippen LogP) is 2.17. The molecule has 1 fully saturated rings. The van der Waals surface area contributed by atoms with Gasteiger partial charge < -0.3 is 0 Å². The second kappa shape index (κ2) is 7.73. The Labute approximate surface area is 160 Å². The van der Waals surface area contributed by atoms with Crippen molar-refractivity contribution in [2.75, 3.05) is 16.6 Å². The van der Waals surface area contributed by atoms with Crippen LogP contribution in [0.2, 0.25) is 0 Å². The summed E-state index contributed by atoms with van der Waals surface area (Å²) in [6, 6.07) is 5.35. The molecule has 27 heavy (non-hydrogen) atoms. The molecule has 9 heteroatoms. The van der Waals surface area contributed by atoms with Crippen molar-refractivity contribution in [1.29, 1.82) is 0 Å². The molecular formula is C18H24N2O5S2. The van der Waals surface area contributed by atoms with Crippen molar-refractivity contribution < 1.29 is 21.6 Å². The summed E-state index contributed by atoms with van der Waals surface area (Å²) in [7, 11) is -7.39. The number of benzene rings is 1. The van der Waals surface area contributed by atoms with E-state index in [1.165, 1.54) is 36.3 Å². The highest BCUT2D eigenvalue weighted by Gasteiger charge is 2.41. The lowest BCUT2D eigenvalue weighted by Gasteiger charge is -2.16. The van der Waals surface area contributed by atoms with Crippen LogP contribution < -0.4 is 9.03 Å². The van der Waals surface area contributed by atoms with Crippen LogP contribution in [-0.2, 0) is 24.8 Å². The number of nitrogens with zero attached hydrogens (tertiary/aromatic N) is 1. The van der Waals surface area contributed by atoms with Crippen LogP contribution in [0, 0.1) is 5.92 Å². The molecule has 1 aromatic rings. The molecule has 1 aliphatic heterocycles. The van der Waals surface area contributed by atoms with Crippen molar-refractivity contribution in [3.63, 3.8) is 0 Å². The molecule has 0 bridgehead atoms. The fourth-order valence-corrected chi connectivity index (χ4v) is 6.26. The molecule has 7 nitrogen and oxygen atoms in total. The first-order valence-electron chi connectivity index (χ1n) is 9.05. The average Bonchev–Trinajstić information content (AvgIpc) is 2.83. The quantitative estimate of drug-likeness (QED) is 0.722. The Kier molecular flexibility index (Phi) is 5.73. The number of sulfonamides is 2. The molecule has 1 heterocycles. The number of hydrogen-bond acceptors (Lipinski definition) is 5. The fourth-order valence-electron chi connectivity index (χ4n) is 3.41. The molecule has 0 spiro atoms. The smallest absolute Gasteiger partial charge is 0.244 e. The number of carbonyl (C=O) groups excluding carboxylic acids is 1. The molecule has 0 aromatic heterocycles. The summed E-state index contributed by atoms with van der Waals surface area (Å²) in [6.07, 6.45) is 7.29. The molecule has 0 radical (unpaired) electrons. The molecular weight excluding hydrogens is 388 g/mol. The first-order chi connectivity index (χ1) is 12.7. The Morgan fingerprint density at radius 1 is 1.19 bits per heavy atom. The second-order valence-corrected chi connectivity index (χ2v) is 10.7. The van der Waals surface area contributed by atoms with Crippen LogP contribution in [0.1, 0.15) is 39.0 Å². The molecule has 2 aliphatic rings. The third-order valence-electron chi connectivity index (χ3n) is 4.87. The van der Waals surface area contributed by atoms with Gasteiger partial charge in [0.1, 0.15) is 0 Å². The zero-order valence-corrected chi connectivity index (χ0v) is 16.9. The van der Waals surface area contributed by atoms with E-state index in [4.69, 9.17) is 0 Å². The lowest BCUT2D eigenvalue weighted by molar-refractivity contribution is -0.119. The van der Waals surface area contributed by atoms with E-state index in [-0.39, 0.29) is 16.3 Å². The minimum absolute atomic E-state index is 0.0426. The molecule has 1 N–H and O–H groups in total. The van der Waals surface area contributed by atoms with E-state index in [1.54, 1.807) is 6.92 Å². The number of rotatable bonds is 6. The van der Waals surface area contributed by atoms with Crippen LogP contribution in [0.5, 0.6) is 0 Å². The zero-order valence-electron chi connectivity index (χ0n) is 15.2. The van der Waals surface area contributed by atoms with E-state index in [1.807, 2.05) is 0 Å². The van der Waals surface area contributed by atoms with Crippen molar-refractivity contribution in [2.24, 2.45) is 5.92 Å². The van der Waals surface area contributed by atoms with Gasteiger partial charge in [0.15, 0.2) is 0 Å². The fraction of sp³-hybridized carbons (Fsp3) is 0.500. The van der Waals surface area contributed by atoms with Crippen molar-refractivity contribution in [3.8, 4) is 0 Å². The summed E-state index contributed by atoms with van der Waals surface area (Å²) in [4.78, 5) is 12.1. The lowest BCUT2D eigenvalue weighted by Crippen LogP contribution is -2.30. The molecule has 1 amide bonds. The van der Waals surface area contributed by atoms with Crippen LogP contribution in [-0.4, -0.2) is 35.0 Å². The van der Waals surface area contributed by atoms with Crippen molar-refractivity contribution in [3.05, 3.63) is 35.9 Å². The summed E-state index contributed by atoms with van der Waals surface area (Å²) in [5.41, 5.74) is 1.45. The normalized spacial score (nSPS) is 22.7. The molecule has 148 valence electrons. The summed E-state index contributed by atoms with van der Waals surface area (Å²) in [5.74, 6) is -1.33. The minimum Gasteiger partial charge on any atom is -0.273 e. The van der Waals surface area contributed by atoms with Gasteiger partial charge >= 0.3 is 0 Å². The van der Waals surface area contributed by atoms with Crippen LogP contribution in [0.3, 0.4) is 0 Å². The maximum atomic E-state index is 12.4. The molecule has 1 atom stereocenters. The van der Waals surface area contributed by atoms with Crippen LogP contribution >= 0.6 is 0 Å². The number of nitrogens with one attached hydrogen (secondary N) is 1. The summed E-state index contributed by atoms with van der Waals surface area (Å²) < 4.78 is 52.4. The van der Waals surface area contributed by atoms with Gasteiger partial charge in [0.2, 0.25) is 26.0 Å². The second-order valence-electron chi connectivity index (χ2n) is 7.03. The van der Waals surface area contributed by atoms with Gasteiger partial charge in [0.25, 0.3) is 0 Å². The van der Waals surface area contributed by atoms with Crippen molar-refractivity contribution >= 4 is 31.6 Å². The summed E-state index contributed by atoms with van der Waals surface area (Å²) >= 11 is 0. The predicted molar refractivity (Wildman–Crippen MR) is 103 cm³/mol. The maximum Gasteiger partial charge on any atom is 0.244 e. The lowest BCUT2D eigenvalue weighted by atomic mass is 9.97. The maximum absolute atomic E-state index is 12.4. The van der Waals surface area contributed by atoms with Gasteiger partial charge in [-0.15, -0.1) is 0 Å². The van der Waals surface area contributed by atoms with Crippen molar-refractivity contribution in [1.82, 2.24) is 4.72 Å². The first-order valence-corrected chi connectivity index (χ1v) is 12.1. The third-order valence-corrected chi connectivity index (χ3v) is 8.21. The zero-order chi connectivity index (χ0) is 19.7. The highest BCUT2D eigenvalue weighted by atomic mass is 32.2. The molecule has 0 saturated carbocycles. The van der Waals surface area contributed by atoms with Gasteiger partial charge in [-0.2, -0.15) is 0 Å². The van der Waals surface area contributed by atoms with Gasteiger partial charge in [-0.1, -0.05) is 18.6 Å². The van der Waals surface area contributed by atoms with Crippen LogP contribution in [0.15, 0.2) is 40.8 Å². The van der Waals surface area contributed by atoms with E-state index in [2.05, 4.69) is 10.8 Å². The number of amides is 1. The van der Waals surface area contributed by atoms with E-state index in [0.29, 0.717) is 13.0 Å². The summed E-state index contributed by atoms with van der Waals surface area (Å²) in [6.45, 7) is 1.89. The minimum atomic E-state index is -3.70. The SMILES string of the molecule is C[C@H]1CS(=O)(=O)N(c2ccc(S(=O)(=O)NCCC3=CCCCC3)cc2)C1=O. The van der Waals surface area contributed by atoms with Gasteiger partial charge in [-0.05, 0) is 56.4 Å². The van der Waals surface area contributed by atoms with Gasteiger partial charge in [-0.25, -0.2) is 25.9 Å². The first kappa shape index (κ1) is 20.0. The highest BCUT2D eigenvalue weighted by Crippen LogP contribution is 2.29. The van der Waals surface area contributed by atoms with Gasteiger partial charge in [0.05, 0.1) is 22.3 Å². The Morgan fingerprint density at radius 2 is 1.89 bits per heavy atom. The number of hydrogen-bond donors (Lipinski definition) is 1. The molecule has 1 aliphatic carbocycles. The molecule has 1 aromatic carbocycles. The molecule has 1 saturated heterocycles. The Balaban J connectivity index is 1.69. The Bertz CT molecular complexity index is 950. The van der Waals surface area contributed by atoms with E-state index in [0.717, 1.165) is 23.6 Å². The van der Waals surface area contributed by atoms with Crippen molar-refractivity contribution in [2.45, 2.75) is 43.9 Å². The third kappa shape index (κ3) is 4.41. The highest BCUT2D eigenvalue weighted by molar-refractivity contribution is 7.94. The molecule has 3 rings (SSSR count). The van der Waals surface area contributed by atoms with Crippen LogP contribution in [0.25, 0.3) is 0 Å². The van der Waals surface area contributed by atoms with E-state index in [9.17, 15) is 21.6 Å². The summed E-state index contributed by atoms with van der Waals surface area (Å²) in [5, 5.41) is 0. The Morgan fingerprint density at radius 3 is 2.44 bits per heavy atom. The largest absolute Gasteiger partial charge is 0.273 e. The average molecular weight is 413 g/mol. The topological polar surface area (TPSA) is 101 Å². The van der Waals surface area contributed by atoms with E-state index < -0.39 is 31.9 Å². The number of allylic oxidation sites excluding steroid dienone is 1. The molecule has 0 unspecified atom stereocenters. The van der Waals surface area contributed by atoms with Crippen LogP contribution in [0.4, 0.5) is 5.69 Å². The number of carbonyl (C=O) groups is 1. The Hall–Kier alpha value is -1.71. The standard InChI is InChI=1S/C18H24N2O5S2/c1-14-13-26(22,23)20(18(14)21)16-7-9-17(10-8-16)27(24,25)19-12-11-15-5-3-2-4-6-15/h5,7-10,14,19H,2-4,6,11-13H2,1H3/t14-/m0/s1. The van der Waals surface area contributed by atoms with E-state index >= 15 is 0 Å².